The second-order valence-electron chi connectivity index (χ2n) is 7.96. The van der Waals surface area contributed by atoms with Gasteiger partial charge in [-0.05, 0) is 49.5 Å². The maximum Gasteiger partial charge on any atom is 0.235 e. The number of para-hydroxylation sites is 1. The van der Waals surface area contributed by atoms with Crippen LogP contribution in [-0.4, -0.2) is 42.8 Å². The number of thiophene rings is 1. The standard InChI is InChI=1S/C23H22N6S2/c1-2-6-12-28(11-5-1)15-21-25-26-23-29(21)27-22(31-23)17-14-19(20-10-7-13-30-20)24-18-9-4-3-8-16(17)18/h3-4,7-10,13-14H,1-2,5-6,11-12,15H2. The third kappa shape index (κ3) is 3.64. The quantitative estimate of drug-likeness (QED) is 0.365. The Hall–Kier alpha value is -2.68. The van der Waals surface area contributed by atoms with E-state index in [-0.39, 0.29) is 0 Å². The first kappa shape index (κ1) is 19.0. The molecule has 1 aromatic carbocycles. The number of hydrogen-bond donors (Lipinski definition) is 0. The number of nitrogens with zero attached hydrogens (tertiary/aromatic N) is 6. The van der Waals surface area contributed by atoms with Crippen LogP contribution in [0.4, 0.5) is 0 Å². The second-order valence-corrected chi connectivity index (χ2v) is 9.86. The van der Waals surface area contributed by atoms with E-state index < -0.39 is 0 Å². The van der Waals surface area contributed by atoms with Crippen LogP contribution < -0.4 is 0 Å². The summed E-state index contributed by atoms with van der Waals surface area (Å²) in [7, 11) is 0. The molecular formula is C23H22N6S2. The van der Waals surface area contributed by atoms with Crippen LogP contribution >= 0.6 is 22.7 Å². The molecule has 0 aliphatic carbocycles. The fraction of sp³-hybridized carbons (Fsp3) is 0.304. The second kappa shape index (κ2) is 8.11. The third-order valence-corrected chi connectivity index (χ3v) is 7.66. The minimum Gasteiger partial charge on any atom is -0.296 e. The van der Waals surface area contributed by atoms with Crippen LogP contribution in [0.2, 0.25) is 0 Å². The molecule has 1 aliphatic rings. The van der Waals surface area contributed by atoms with Crippen LogP contribution in [0.3, 0.4) is 0 Å². The first-order valence-corrected chi connectivity index (χ1v) is 12.4. The van der Waals surface area contributed by atoms with Crippen molar-refractivity contribution in [2.45, 2.75) is 32.2 Å². The summed E-state index contributed by atoms with van der Waals surface area (Å²) in [4.78, 5) is 9.39. The van der Waals surface area contributed by atoms with Gasteiger partial charge in [-0.1, -0.05) is 48.4 Å². The van der Waals surface area contributed by atoms with Gasteiger partial charge >= 0.3 is 0 Å². The Morgan fingerprint density at radius 2 is 1.81 bits per heavy atom. The van der Waals surface area contributed by atoms with Crippen LogP contribution in [0.5, 0.6) is 0 Å². The molecule has 0 N–H and O–H groups in total. The van der Waals surface area contributed by atoms with Gasteiger partial charge in [0.15, 0.2) is 5.82 Å². The summed E-state index contributed by atoms with van der Waals surface area (Å²) in [5, 5.41) is 18.0. The average molecular weight is 447 g/mol. The van der Waals surface area contributed by atoms with E-state index in [2.05, 4.69) is 56.9 Å². The van der Waals surface area contributed by atoms with Crippen molar-refractivity contribution in [3.05, 3.63) is 53.7 Å². The number of rotatable bonds is 4. The summed E-state index contributed by atoms with van der Waals surface area (Å²) >= 11 is 3.30. The van der Waals surface area contributed by atoms with E-state index in [1.807, 2.05) is 10.6 Å². The van der Waals surface area contributed by atoms with Crippen molar-refractivity contribution >= 4 is 38.5 Å². The van der Waals surface area contributed by atoms with Crippen LogP contribution in [0, 0.1) is 0 Å². The van der Waals surface area contributed by atoms with Crippen molar-refractivity contribution in [3.63, 3.8) is 0 Å². The fourth-order valence-electron chi connectivity index (χ4n) is 4.26. The van der Waals surface area contributed by atoms with Crippen molar-refractivity contribution in [1.29, 1.82) is 0 Å². The minimum atomic E-state index is 0.807. The Bertz CT molecular complexity index is 1330. The van der Waals surface area contributed by atoms with E-state index >= 15 is 0 Å². The summed E-state index contributed by atoms with van der Waals surface area (Å²) in [5.74, 6) is 0.927. The molecule has 6 rings (SSSR count). The lowest BCUT2D eigenvalue weighted by Crippen LogP contribution is -2.25. The summed E-state index contributed by atoms with van der Waals surface area (Å²) < 4.78 is 1.94. The largest absolute Gasteiger partial charge is 0.296 e. The van der Waals surface area contributed by atoms with Gasteiger partial charge in [0.25, 0.3) is 0 Å². The predicted molar refractivity (Wildman–Crippen MR) is 126 cm³/mol. The van der Waals surface area contributed by atoms with E-state index in [9.17, 15) is 0 Å². The Morgan fingerprint density at radius 3 is 2.65 bits per heavy atom. The van der Waals surface area contributed by atoms with Gasteiger partial charge in [0.05, 0.1) is 22.6 Å². The zero-order valence-corrected chi connectivity index (χ0v) is 18.7. The molecule has 0 radical (unpaired) electrons. The van der Waals surface area contributed by atoms with E-state index in [4.69, 9.17) is 10.1 Å². The van der Waals surface area contributed by atoms with Gasteiger partial charge < -0.3 is 0 Å². The zero-order chi connectivity index (χ0) is 20.6. The molecule has 0 spiro atoms. The first-order valence-electron chi connectivity index (χ1n) is 10.7. The first-order chi connectivity index (χ1) is 15.3. The lowest BCUT2D eigenvalue weighted by Gasteiger charge is -2.17. The SMILES string of the molecule is c1csc(-c2cc(-c3nn4c(CN5CCCCCC5)nnc4s3)c3ccccc3n2)c1. The zero-order valence-electron chi connectivity index (χ0n) is 17.1. The molecule has 0 unspecified atom stereocenters. The number of fused-ring (bicyclic) bond motifs is 2. The molecule has 0 amide bonds. The van der Waals surface area contributed by atoms with Crippen LogP contribution in [0.25, 0.3) is 37.0 Å². The molecule has 8 heteroatoms. The normalized spacial score (nSPS) is 15.6. The van der Waals surface area contributed by atoms with Crippen molar-refractivity contribution in [3.8, 4) is 21.1 Å². The smallest absolute Gasteiger partial charge is 0.235 e. The molecule has 4 aromatic heterocycles. The Labute approximate surface area is 188 Å². The summed E-state index contributed by atoms with van der Waals surface area (Å²) in [5.41, 5.74) is 3.07. The van der Waals surface area contributed by atoms with Gasteiger partial charge in [0.1, 0.15) is 5.01 Å². The van der Waals surface area contributed by atoms with Gasteiger partial charge in [0, 0.05) is 10.9 Å². The van der Waals surface area contributed by atoms with E-state index in [0.717, 1.165) is 62.5 Å². The molecule has 1 fully saturated rings. The number of hydrogen-bond acceptors (Lipinski definition) is 7. The molecule has 5 heterocycles. The van der Waals surface area contributed by atoms with Gasteiger partial charge in [-0.15, -0.1) is 21.5 Å². The summed E-state index contributed by atoms with van der Waals surface area (Å²) in [6.45, 7) is 3.07. The number of pyridine rings is 1. The number of aromatic nitrogens is 5. The Balaban J connectivity index is 1.43. The van der Waals surface area contributed by atoms with Crippen molar-refractivity contribution in [1.82, 2.24) is 29.7 Å². The molecule has 5 aromatic rings. The van der Waals surface area contributed by atoms with Crippen LogP contribution in [-0.2, 0) is 6.54 Å². The number of likely N-dealkylation sites (tertiary alicyclic amines) is 1. The molecule has 1 saturated heterocycles. The average Bonchev–Trinajstić information content (AvgIpc) is 3.50. The number of benzene rings is 1. The maximum absolute atomic E-state index is 4.96. The monoisotopic (exact) mass is 446 g/mol. The third-order valence-electron chi connectivity index (χ3n) is 5.84. The Kier molecular flexibility index (Phi) is 4.98. The molecule has 0 atom stereocenters. The predicted octanol–water partition coefficient (Wildman–Crippen LogP) is 5.51. The van der Waals surface area contributed by atoms with Gasteiger partial charge in [-0.3, -0.25) is 4.90 Å². The lowest BCUT2D eigenvalue weighted by molar-refractivity contribution is 0.268. The van der Waals surface area contributed by atoms with Crippen LogP contribution in [0.1, 0.15) is 31.5 Å². The van der Waals surface area contributed by atoms with Gasteiger partial charge in [-0.25, -0.2) is 4.98 Å². The topological polar surface area (TPSA) is 59.2 Å². The minimum absolute atomic E-state index is 0.807. The molecule has 0 saturated carbocycles. The molecular weight excluding hydrogens is 424 g/mol. The van der Waals surface area contributed by atoms with Crippen molar-refractivity contribution in [2.75, 3.05) is 13.1 Å². The molecule has 1 aliphatic heterocycles. The highest BCUT2D eigenvalue weighted by Gasteiger charge is 2.19. The molecule has 156 valence electrons. The van der Waals surface area contributed by atoms with Crippen molar-refractivity contribution < 1.29 is 0 Å². The lowest BCUT2D eigenvalue weighted by atomic mass is 10.1. The fourth-order valence-corrected chi connectivity index (χ4v) is 5.84. The summed E-state index contributed by atoms with van der Waals surface area (Å²) in [6.07, 6.45) is 5.18. The van der Waals surface area contributed by atoms with E-state index in [1.165, 1.54) is 25.7 Å². The van der Waals surface area contributed by atoms with Crippen LogP contribution in [0.15, 0.2) is 47.8 Å². The Morgan fingerprint density at radius 1 is 0.935 bits per heavy atom. The molecule has 0 bridgehead atoms. The van der Waals surface area contributed by atoms with E-state index in [1.54, 1.807) is 22.7 Å². The van der Waals surface area contributed by atoms with E-state index in [0.29, 0.717) is 0 Å². The van der Waals surface area contributed by atoms with Crippen molar-refractivity contribution in [2.24, 2.45) is 0 Å². The highest BCUT2D eigenvalue weighted by Crippen LogP contribution is 2.35. The van der Waals surface area contributed by atoms with Gasteiger partial charge in [-0.2, -0.15) is 9.61 Å². The molecule has 6 nitrogen and oxygen atoms in total. The maximum atomic E-state index is 4.96. The highest BCUT2D eigenvalue weighted by molar-refractivity contribution is 7.20. The highest BCUT2D eigenvalue weighted by atomic mass is 32.1. The summed E-state index contributed by atoms with van der Waals surface area (Å²) in [6, 6.07) is 14.6. The molecule has 31 heavy (non-hydrogen) atoms. The van der Waals surface area contributed by atoms with Gasteiger partial charge in [0.2, 0.25) is 4.96 Å².